The van der Waals surface area contributed by atoms with E-state index < -0.39 is 47.6 Å². The molecular formula is C39H45N5O8. The van der Waals surface area contributed by atoms with Gasteiger partial charge in [-0.05, 0) is 47.4 Å². The Morgan fingerprint density at radius 1 is 1.06 bits per heavy atom. The molecule has 3 aliphatic rings. The number of nitrogens with zero attached hydrogens (tertiary/aromatic N) is 2. The molecule has 0 fully saturated rings. The van der Waals surface area contributed by atoms with Gasteiger partial charge in [0.1, 0.15) is 35.6 Å². The molecule has 52 heavy (non-hydrogen) atoms. The second-order valence-corrected chi connectivity index (χ2v) is 14.7. The Labute approximate surface area is 301 Å². The van der Waals surface area contributed by atoms with Crippen LogP contribution in [0.15, 0.2) is 51.5 Å². The average Bonchev–Trinajstić information content (AvgIpc) is 3.89. The highest BCUT2D eigenvalue weighted by atomic mass is 16.5. The van der Waals surface area contributed by atoms with Crippen molar-refractivity contribution in [1.29, 1.82) is 0 Å². The fraction of sp³-hybridized carbons (Fsp3) is 0.462. The fourth-order valence-electron chi connectivity index (χ4n) is 7.58. The quantitative estimate of drug-likeness (QED) is 0.124. The summed E-state index contributed by atoms with van der Waals surface area (Å²) in [4.78, 5) is 48.3. The summed E-state index contributed by atoms with van der Waals surface area (Å²) in [7, 11) is 0. The van der Waals surface area contributed by atoms with Gasteiger partial charge >= 0.3 is 5.97 Å². The van der Waals surface area contributed by atoms with Gasteiger partial charge in [-0.15, -0.1) is 0 Å². The van der Waals surface area contributed by atoms with Crippen molar-refractivity contribution < 1.29 is 38.2 Å². The number of aromatic nitrogens is 2. The molecule has 0 saturated carbocycles. The normalized spacial score (nSPS) is 22.1. The number of hydrogen-bond acceptors (Lipinski definition) is 10. The number of aliphatic hydroxyl groups excluding tert-OH is 1. The van der Waals surface area contributed by atoms with E-state index in [2.05, 4.69) is 33.9 Å². The number of aliphatic hydroxyl groups is 1. The Morgan fingerprint density at radius 3 is 2.58 bits per heavy atom. The van der Waals surface area contributed by atoms with Gasteiger partial charge in [0.15, 0.2) is 23.4 Å². The third-order valence-electron chi connectivity index (χ3n) is 10.4. The maximum absolute atomic E-state index is 14.1. The molecule has 1 spiro atoms. The summed E-state index contributed by atoms with van der Waals surface area (Å²) < 4.78 is 19.3. The van der Waals surface area contributed by atoms with Gasteiger partial charge in [-0.2, -0.15) is 0 Å². The van der Waals surface area contributed by atoms with Crippen molar-refractivity contribution in [2.75, 3.05) is 5.32 Å². The van der Waals surface area contributed by atoms with Gasteiger partial charge in [-0.3, -0.25) is 9.59 Å². The van der Waals surface area contributed by atoms with E-state index in [1.54, 1.807) is 13.8 Å². The van der Waals surface area contributed by atoms with Gasteiger partial charge in [0.2, 0.25) is 23.6 Å². The van der Waals surface area contributed by atoms with Crippen LogP contribution in [0.3, 0.4) is 0 Å². The van der Waals surface area contributed by atoms with Crippen LogP contribution in [-0.2, 0) is 27.8 Å². The first-order valence-corrected chi connectivity index (χ1v) is 18.1. The number of carboxylic acid groups (broad SMARTS) is 1. The highest BCUT2D eigenvalue weighted by molar-refractivity contribution is 5.90. The average molecular weight is 712 g/mol. The minimum absolute atomic E-state index is 0.0548. The van der Waals surface area contributed by atoms with Crippen molar-refractivity contribution in [2.45, 2.75) is 103 Å². The summed E-state index contributed by atoms with van der Waals surface area (Å²) in [5.41, 5.74) is 3.17. The van der Waals surface area contributed by atoms with Crippen molar-refractivity contribution in [2.24, 2.45) is 11.8 Å². The third kappa shape index (κ3) is 5.90. The zero-order valence-electron chi connectivity index (χ0n) is 30.0. The number of ether oxygens (including phenoxy) is 1. The zero-order valence-corrected chi connectivity index (χ0v) is 30.0. The maximum atomic E-state index is 14.1. The lowest BCUT2D eigenvalue weighted by molar-refractivity contribution is -0.135. The van der Waals surface area contributed by atoms with E-state index in [4.69, 9.17) is 18.6 Å². The zero-order chi connectivity index (χ0) is 36.9. The summed E-state index contributed by atoms with van der Waals surface area (Å²) in [5, 5.41) is 29.8. The number of rotatable bonds is 11. The topological polar surface area (TPSA) is 189 Å². The number of carboxylic acids is 1. The van der Waals surface area contributed by atoms with Crippen LogP contribution in [0.25, 0.3) is 11.6 Å². The van der Waals surface area contributed by atoms with Crippen LogP contribution in [-0.4, -0.2) is 56.3 Å². The van der Waals surface area contributed by atoms with Crippen LogP contribution in [0, 0.1) is 11.8 Å². The van der Waals surface area contributed by atoms with Gasteiger partial charge in [-0.25, -0.2) is 14.8 Å². The Hall–Kier alpha value is -5.17. The second-order valence-electron chi connectivity index (χ2n) is 14.7. The molecule has 5 N–H and O–H groups in total. The van der Waals surface area contributed by atoms with E-state index in [1.807, 2.05) is 44.2 Å². The van der Waals surface area contributed by atoms with Crippen LogP contribution < -0.4 is 20.7 Å². The highest BCUT2D eigenvalue weighted by Gasteiger charge is 2.61. The van der Waals surface area contributed by atoms with Crippen LogP contribution in [0.1, 0.15) is 111 Å². The van der Waals surface area contributed by atoms with Crippen molar-refractivity contribution in [3.05, 3.63) is 82.3 Å². The number of hydrogen-bond donors (Lipinski definition) is 5. The summed E-state index contributed by atoms with van der Waals surface area (Å²) in [6, 6.07) is 10.0. The van der Waals surface area contributed by atoms with E-state index >= 15 is 0 Å². The standard InChI is InChI=1S/C39H45N5O8/c1-6-7-8-9-11-22-12-10-13-23-29(22)44-38-39(23)24-16-21(14-15-27(24)51-38)17-25(40-34(47)31(45)20(4)5)33(46)42-28(19(2)3)36-43-30(32(39)52-36)35-41-26(18-50-35)37(48)49/h10,12-16,18-20,25,28,31,38,44-45H,6-9,11,17H2,1-5H3,(H,40,47)(H,42,46)(H,48,49)/t25-,28-,31-,38?,39?/m0/s1. The van der Waals surface area contributed by atoms with Gasteiger partial charge in [0, 0.05) is 17.7 Å². The fourth-order valence-corrected chi connectivity index (χ4v) is 7.58. The van der Waals surface area contributed by atoms with Gasteiger partial charge < -0.3 is 39.7 Å². The lowest BCUT2D eigenvalue weighted by Gasteiger charge is -2.29. The van der Waals surface area contributed by atoms with Crippen molar-refractivity contribution in [3.63, 3.8) is 0 Å². The first kappa shape index (κ1) is 35.2. The third-order valence-corrected chi connectivity index (χ3v) is 10.4. The van der Waals surface area contributed by atoms with E-state index in [1.165, 1.54) is 0 Å². The Balaban J connectivity index is 1.47. The minimum atomic E-state index is -1.31. The molecule has 0 saturated heterocycles. The molecule has 13 nitrogen and oxygen atoms in total. The predicted molar refractivity (Wildman–Crippen MR) is 190 cm³/mol. The molecule has 7 rings (SSSR count). The molecule has 2 unspecified atom stereocenters. The summed E-state index contributed by atoms with van der Waals surface area (Å²) in [6.45, 7) is 9.45. The number of nitrogens with one attached hydrogen (secondary N) is 3. The number of fused-ring (bicyclic) bond motifs is 4. The monoisotopic (exact) mass is 711 g/mol. The lowest BCUT2D eigenvalue weighted by Crippen LogP contribution is -2.52. The number of aromatic carboxylic acids is 1. The maximum Gasteiger partial charge on any atom is 0.357 e. The Kier molecular flexibility index (Phi) is 9.32. The SMILES string of the molecule is CCCCCCc1cccc2c1NC1Oc3ccc4cc3C21c1oc(nc1-c1nc(C(=O)O)co1)[C@H](C(C)C)NC(=O)[C@@H](NC(=O)[C@@H](O)C(C)C)C4. The number of unbranched alkanes of at least 4 members (excludes halogenated alkanes) is 3. The molecule has 3 aliphatic heterocycles. The number of anilines is 1. The molecule has 0 radical (unpaired) electrons. The number of aryl methyl sites for hydroxylation is 1. The van der Waals surface area contributed by atoms with E-state index in [-0.39, 0.29) is 41.4 Å². The molecule has 4 aromatic rings. The van der Waals surface area contributed by atoms with E-state index in [0.717, 1.165) is 66.3 Å². The molecular weight excluding hydrogens is 666 g/mol. The van der Waals surface area contributed by atoms with Crippen molar-refractivity contribution in [1.82, 2.24) is 20.6 Å². The van der Waals surface area contributed by atoms with Crippen molar-refractivity contribution in [3.8, 4) is 17.3 Å². The molecule has 2 aromatic heterocycles. The molecule has 2 aromatic carbocycles. The molecule has 13 heteroatoms. The van der Waals surface area contributed by atoms with Crippen LogP contribution in [0.2, 0.25) is 0 Å². The summed E-state index contributed by atoms with van der Waals surface area (Å²) in [5.74, 6) is -1.98. The van der Waals surface area contributed by atoms with Crippen LogP contribution in [0.5, 0.6) is 5.75 Å². The van der Waals surface area contributed by atoms with Gasteiger partial charge in [0.05, 0.1) is 0 Å². The molecule has 5 atom stereocenters. The number of oxazole rings is 2. The first-order chi connectivity index (χ1) is 24.9. The van der Waals surface area contributed by atoms with Crippen molar-refractivity contribution >= 4 is 23.5 Å². The molecule has 4 bridgehead atoms. The Bertz CT molecular complexity index is 2020. The molecule has 0 aliphatic carbocycles. The lowest BCUT2D eigenvalue weighted by atomic mass is 9.72. The molecule has 5 heterocycles. The predicted octanol–water partition coefficient (Wildman–Crippen LogP) is 5.50. The highest BCUT2D eigenvalue weighted by Crippen LogP contribution is 2.60. The van der Waals surface area contributed by atoms with Gasteiger partial charge in [-0.1, -0.05) is 84.2 Å². The molecule has 274 valence electrons. The smallest absolute Gasteiger partial charge is 0.357 e. The van der Waals surface area contributed by atoms with E-state index in [0.29, 0.717) is 11.5 Å². The summed E-state index contributed by atoms with van der Waals surface area (Å²) >= 11 is 0. The summed E-state index contributed by atoms with van der Waals surface area (Å²) in [6.07, 6.45) is 4.45. The van der Waals surface area contributed by atoms with Crippen LogP contribution >= 0.6 is 0 Å². The number of benzene rings is 2. The minimum Gasteiger partial charge on any atom is -0.476 e. The largest absolute Gasteiger partial charge is 0.476 e. The van der Waals surface area contributed by atoms with Gasteiger partial charge in [0.25, 0.3) is 0 Å². The second kappa shape index (κ2) is 13.8. The number of carbonyl (C=O) groups is 3. The number of para-hydroxylation sites is 1. The molecule has 2 amide bonds. The van der Waals surface area contributed by atoms with Crippen LogP contribution in [0.4, 0.5) is 5.69 Å². The number of carbonyl (C=O) groups excluding carboxylic acids is 2. The van der Waals surface area contributed by atoms with E-state index in [9.17, 15) is 24.6 Å². The number of amides is 2. The Morgan fingerprint density at radius 2 is 1.87 bits per heavy atom. The first-order valence-electron chi connectivity index (χ1n) is 18.1.